The molecule has 0 fully saturated rings. The van der Waals surface area contributed by atoms with Crippen LogP contribution < -0.4 is 5.32 Å². The maximum atomic E-state index is 13.6. The number of carbonyl (C=O) groups excluding carboxylic acids is 2. The predicted octanol–water partition coefficient (Wildman–Crippen LogP) is 1.59. The predicted molar refractivity (Wildman–Crippen MR) is 81.7 cm³/mol. The lowest BCUT2D eigenvalue weighted by molar-refractivity contribution is -0.140. The number of amides is 2. The van der Waals surface area contributed by atoms with Gasteiger partial charge in [0.1, 0.15) is 23.7 Å². The van der Waals surface area contributed by atoms with Gasteiger partial charge in [-0.2, -0.15) is 13.2 Å². The third-order valence-electron chi connectivity index (χ3n) is 3.75. The molecule has 1 aromatic carbocycles. The summed E-state index contributed by atoms with van der Waals surface area (Å²) in [6.45, 7) is -1.12. The molecule has 3 N–H and O–H groups in total. The number of halogens is 4. The molecule has 1 aliphatic heterocycles. The van der Waals surface area contributed by atoms with Gasteiger partial charge in [0, 0.05) is 19.5 Å². The highest BCUT2D eigenvalue weighted by atomic mass is 19.4. The second kappa shape index (κ2) is 7.64. The summed E-state index contributed by atoms with van der Waals surface area (Å²) in [7, 11) is 0. The van der Waals surface area contributed by atoms with Crippen LogP contribution in [0.15, 0.2) is 29.5 Å². The standard InChI is InChI=1S/C16H14F4N2O5/c17-10-5-8(1-2-9(10)16(18,19)20)7-22-4-3-11(23)13(15(22)27)14(26)21-6-12(24)25/h1-2,5,23H,3-4,6-7H2,(H,21,26)(H,24,25). The van der Waals surface area contributed by atoms with Crippen molar-refractivity contribution in [2.75, 3.05) is 13.1 Å². The van der Waals surface area contributed by atoms with E-state index in [1.165, 1.54) is 0 Å². The van der Waals surface area contributed by atoms with Crippen molar-refractivity contribution in [3.8, 4) is 0 Å². The van der Waals surface area contributed by atoms with E-state index in [-0.39, 0.29) is 25.1 Å². The Kier molecular flexibility index (Phi) is 5.72. The zero-order chi connectivity index (χ0) is 20.4. The molecule has 0 aliphatic carbocycles. The van der Waals surface area contributed by atoms with Crippen molar-refractivity contribution in [3.05, 3.63) is 46.5 Å². The Bertz CT molecular complexity index is 820. The van der Waals surface area contributed by atoms with Crippen LogP contribution in [0.1, 0.15) is 17.5 Å². The molecule has 1 aromatic rings. The largest absolute Gasteiger partial charge is 0.511 e. The number of hydrogen-bond acceptors (Lipinski definition) is 4. The number of rotatable bonds is 5. The highest BCUT2D eigenvalue weighted by Crippen LogP contribution is 2.32. The molecule has 1 heterocycles. The Balaban J connectivity index is 2.17. The van der Waals surface area contributed by atoms with Crippen molar-refractivity contribution >= 4 is 17.8 Å². The molecule has 0 saturated heterocycles. The number of carboxylic acids is 1. The van der Waals surface area contributed by atoms with Gasteiger partial charge in [-0.25, -0.2) is 4.39 Å². The molecule has 0 spiro atoms. The Morgan fingerprint density at radius 3 is 2.48 bits per heavy atom. The lowest BCUT2D eigenvalue weighted by atomic mass is 10.0. The minimum Gasteiger partial charge on any atom is -0.511 e. The summed E-state index contributed by atoms with van der Waals surface area (Å²) < 4.78 is 51.4. The van der Waals surface area contributed by atoms with Crippen LogP contribution in [-0.4, -0.2) is 46.0 Å². The van der Waals surface area contributed by atoms with E-state index in [2.05, 4.69) is 0 Å². The Labute approximate surface area is 149 Å². The van der Waals surface area contributed by atoms with Crippen LogP contribution in [0.4, 0.5) is 17.6 Å². The monoisotopic (exact) mass is 390 g/mol. The van der Waals surface area contributed by atoms with Gasteiger partial charge < -0.3 is 20.4 Å². The number of aliphatic hydroxyl groups excluding tert-OH is 1. The van der Waals surface area contributed by atoms with Gasteiger partial charge in [0.2, 0.25) is 0 Å². The second-order valence-electron chi connectivity index (χ2n) is 5.69. The average molecular weight is 390 g/mol. The number of hydrogen-bond donors (Lipinski definition) is 3. The fourth-order valence-corrected chi connectivity index (χ4v) is 2.48. The fraction of sp³-hybridized carbons (Fsp3) is 0.312. The molecule has 7 nitrogen and oxygen atoms in total. The van der Waals surface area contributed by atoms with Crippen molar-refractivity contribution in [2.45, 2.75) is 19.1 Å². The van der Waals surface area contributed by atoms with Gasteiger partial charge in [-0.05, 0) is 17.7 Å². The van der Waals surface area contributed by atoms with E-state index in [0.29, 0.717) is 12.1 Å². The van der Waals surface area contributed by atoms with Gasteiger partial charge in [0.25, 0.3) is 11.8 Å². The van der Waals surface area contributed by atoms with Gasteiger partial charge in [-0.1, -0.05) is 6.07 Å². The van der Waals surface area contributed by atoms with E-state index >= 15 is 0 Å². The number of nitrogens with one attached hydrogen (secondary N) is 1. The first-order valence-corrected chi connectivity index (χ1v) is 7.57. The summed E-state index contributed by atoms with van der Waals surface area (Å²) in [5, 5.41) is 20.2. The van der Waals surface area contributed by atoms with Crippen LogP contribution in [0.2, 0.25) is 0 Å². The summed E-state index contributed by atoms with van der Waals surface area (Å²) in [4.78, 5) is 35.8. The van der Waals surface area contributed by atoms with Crippen molar-refractivity contribution in [3.63, 3.8) is 0 Å². The zero-order valence-electron chi connectivity index (χ0n) is 13.6. The van der Waals surface area contributed by atoms with E-state index in [9.17, 15) is 37.1 Å². The van der Waals surface area contributed by atoms with E-state index < -0.39 is 53.2 Å². The lowest BCUT2D eigenvalue weighted by Crippen LogP contribution is -2.43. The minimum atomic E-state index is -4.85. The van der Waals surface area contributed by atoms with Crippen LogP contribution >= 0.6 is 0 Å². The SMILES string of the molecule is O=C(O)CNC(=O)C1=C(O)CCN(Cc2ccc(C(F)(F)F)c(F)c2)C1=O. The number of benzene rings is 1. The third kappa shape index (κ3) is 4.74. The third-order valence-corrected chi connectivity index (χ3v) is 3.75. The van der Waals surface area contributed by atoms with Crippen LogP contribution in [0.25, 0.3) is 0 Å². The summed E-state index contributed by atoms with van der Waals surface area (Å²) >= 11 is 0. The summed E-state index contributed by atoms with van der Waals surface area (Å²) in [5.41, 5.74) is -2.04. The number of carbonyl (C=O) groups is 3. The fourth-order valence-electron chi connectivity index (χ4n) is 2.48. The van der Waals surface area contributed by atoms with Gasteiger partial charge in [0.15, 0.2) is 0 Å². The van der Waals surface area contributed by atoms with Crippen molar-refractivity contribution < 1.29 is 42.2 Å². The van der Waals surface area contributed by atoms with E-state index in [1.807, 2.05) is 5.32 Å². The van der Waals surface area contributed by atoms with Crippen LogP contribution in [0.5, 0.6) is 0 Å². The van der Waals surface area contributed by atoms with E-state index in [1.54, 1.807) is 0 Å². The first-order chi connectivity index (χ1) is 12.5. The smallest absolute Gasteiger partial charge is 0.419 e. The Morgan fingerprint density at radius 1 is 1.26 bits per heavy atom. The van der Waals surface area contributed by atoms with Crippen molar-refractivity contribution in [2.24, 2.45) is 0 Å². The van der Waals surface area contributed by atoms with Crippen LogP contribution in [0.3, 0.4) is 0 Å². The number of aliphatic carboxylic acids is 1. The number of aliphatic hydroxyl groups is 1. The first-order valence-electron chi connectivity index (χ1n) is 7.57. The number of alkyl halides is 3. The van der Waals surface area contributed by atoms with Crippen molar-refractivity contribution in [1.29, 1.82) is 0 Å². The molecule has 0 atom stereocenters. The average Bonchev–Trinajstić information content (AvgIpc) is 2.54. The Hall–Kier alpha value is -3.11. The van der Waals surface area contributed by atoms with Crippen LogP contribution in [0, 0.1) is 5.82 Å². The maximum absolute atomic E-state index is 13.6. The summed E-state index contributed by atoms with van der Waals surface area (Å²) in [5.74, 6) is -5.42. The van der Waals surface area contributed by atoms with Gasteiger partial charge >= 0.3 is 12.1 Å². The molecular formula is C16H14F4N2O5. The quantitative estimate of drug-likeness (QED) is 0.523. The number of carboxylic acid groups (broad SMARTS) is 1. The molecule has 1 aliphatic rings. The summed E-state index contributed by atoms with van der Waals surface area (Å²) in [6, 6.07) is 2.19. The van der Waals surface area contributed by atoms with Gasteiger partial charge in [-0.15, -0.1) is 0 Å². The minimum absolute atomic E-state index is 0.0526. The molecular weight excluding hydrogens is 376 g/mol. The topological polar surface area (TPSA) is 107 Å². The molecule has 0 saturated carbocycles. The molecule has 2 amide bonds. The Morgan fingerprint density at radius 2 is 1.93 bits per heavy atom. The highest BCUT2D eigenvalue weighted by molar-refractivity contribution is 6.19. The molecule has 11 heteroatoms. The summed E-state index contributed by atoms with van der Waals surface area (Å²) in [6.07, 6.45) is -4.97. The molecule has 0 unspecified atom stereocenters. The molecule has 0 radical (unpaired) electrons. The second-order valence-corrected chi connectivity index (χ2v) is 5.69. The normalized spacial score (nSPS) is 15.1. The molecule has 0 aromatic heterocycles. The molecule has 146 valence electrons. The van der Waals surface area contributed by atoms with Crippen molar-refractivity contribution in [1.82, 2.24) is 10.2 Å². The van der Waals surface area contributed by atoms with Gasteiger partial charge in [-0.3, -0.25) is 14.4 Å². The maximum Gasteiger partial charge on any atom is 0.419 e. The van der Waals surface area contributed by atoms with E-state index in [0.717, 1.165) is 11.0 Å². The number of nitrogens with zero attached hydrogens (tertiary/aromatic N) is 1. The van der Waals surface area contributed by atoms with Gasteiger partial charge in [0.05, 0.1) is 5.56 Å². The lowest BCUT2D eigenvalue weighted by Gasteiger charge is -2.28. The molecule has 27 heavy (non-hydrogen) atoms. The van der Waals surface area contributed by atoms with E-state index in [4.69, 9.17) is 5.11 Å². The molecule has 2 rings (SSSR count). The first kappa shape index (κ1) is 20.2. The molecule has 0 bridgehead atoms. The van der Waals surface area contributed by atoms with Crippen LogP contribution in [-0.2, 0) is 27.1 Å². The zero-order valence-corrected chi connectivity index (χ0v) is 13.6. The highest BCUT2D eigenvalue weighted by Gasteiger charge is 2.35.